The fraction of sp³-hybridized carbons (Fsp3) is 0.429. The van der Waals surface area contributed by atoms with Gasteiger partial charge in [-0.25, -0.2) is 0 Å². The molecule has 0 saturated carbocycles. The average Bonchev–Trinajstić information content (AvgIpc) is 2.44. The van der Waals surface area contributed by atoms with E-state index in [4.69, 9.17) is 0 Å². The molecule has 0 fully saturated rings. The Morgan fingerprint density at radius 3 is 2.71 bits per heavy atom. The van der Waals surface area contributed by atoms with Crippen molar-refractivity contribution in [2.24, 2.45) is 0 Å². The van der Waals surface area contributed by atoms with Gasteiger partial charge in [0.05, 0.1) is 6.54 Å². The van der Waals surface area contributed by atoms with E-state index in [1.54, 1.807) is 0 Å². The predicted molar refractivity (Wildman–Crippen MR) is 50.9 cm³/mol. The lowest BCUT2D eigenvalue weighted by Crippen LogP contribution is -2.24. The number of thiophene rings is 1. The molecule has 0 bridgehead atoms. The molecule has 1 rings (SSSR count). The lowest BCUT2D eigenvalue weighted by molar-refractivity contribution is -0.190. The highest BCUT2D eigenvalue weighted by atomic mass is 79.9. The minimum atomic E-state index is -4.29. The maximum atomic E-state index is 11.6. The Hall–Kier alpha value is -0.110. The van der Waals surface area contributed by atoms with Crippen LogP contribution in [0.25, 0.3) is 0 Å². The highest BCUT2D eigenvalue weighted by Crippen LogP contribution is 2.22. The molecule has 1 aromatic rings. The molecule has 0 saturated heterocycles. The fourth-order valence-corrected chi connectivity index (χ4v) is 2.12. The maximum absolute atomic E-state index is 11.6. The minimum Gasteiger partial charge on any atom is -0.292 e. The third-order valence-electron chi connectivity index (χ3n) is 1.26. The molecule has 80 valence electrons. The van der Waals surface area contributed by atoms with Gasteiger partial charge in [0.15, 0.2) is 6.61 Å². The van der Waals surface area contributed by atoms with Crippen molar-refractivity contribution >= 4 is 27.3 Å². The van der Waals surface area contributed by atoms with Crippen LogP contribution in [0.4, 0.5) is 13.2 Å². The minimum absolute atomic E-state index is 0.258. The van der Waals surface area contributed by atoms with Gasteiger partial charge < -0.3 is 0 Å². The van der Waals surface area contributed by atoms with Crippen molar-refractivity contribution in [3.05, 3.63) is 20.8 Å². The van der Waals surface area contributed by atoms with Crippen molar-refractivity contribution in [1.29, 1.82) is 0 Å². The lowest BCUT2D eigenvalue weighted by atomic mass is 10.5. The summed E-state index contributed by atoms with van der Waals surface area (Å²) in [5.41, 5.74) is 2.25. The molecule has 0 aliphatic heterocycles. The summed E-state index contributed by atoms with van der Waals surface area (Å²) in [7, 11) is 0. The molecular formula is C7H7BrF3NOS. The van der Waals surface area contributed by atoms with Crippen LogP contribution in [0.3, 0.4) is 0 Å². The Morgan fingerprint density at radius 1 is 1.50 bits per heavy atom. The first-order chi connectivity index (χ1) is 6.49. The summed E-state index contributed by atoms with van der Waals surface area (Å²) in [5.74, 6) is 0. The second-order valence-electron chi connectivity index (χ2n) is 2.42. The quantitative estimate of drug-likeness (QED) is 0.679. The van der Waals surface area contributed by atoms with Crippen LogP contribution in [0.1, 0.15) is 4.88 Å². The van der Waals surface area contributed by atoms with Gasteiger partial charge >= 0.3 is 6.18 Å². The van der Waals surface area contributed by atoms with Gasteiger partial charge in [-0.3, -0.25) is 4.84 Å². The van der Waals surface area contributed by atoms with Crippen LogP contribution in [0.15, 0.2) is 15.9 Å². The summed E-state index contributed by atoms with van der Waals surface area (Å²) < 4.78 is 35.8. The van der Waals surface area contributed by atoms with Crippen LogP contribution < -0.4 is 5.48 Å². The number of nitrogens with one attached hydrogen (secondary N) is 1. The van der Waals surface area contributed by atoms with Crippen LogP contribution in [0, 0.1) is 0 Å². The Morgan fingerprint density at radius 2 is 2.21 bits per heavy atom. The van der Waals surface area contributed by atoms with Crippen LogP contribution in [0.2, 0.25) is 0 Å². The molecule has 1 heterocycles. The number of hydrogen-bond donors (Lipinski definition) is 1. The molecule has 1 N–H and O–H groups in total. The van der Waals surface area contributed by atoms with E-state index in [1.807, 2.05) is 11.4 Å². The SMILES string of the molecule is FC(F)(F)CONCc1sccc1Br. The molecule has 0 atom stereocenters. The monoisotopic (exact) mass is 289 g/mol. The third-order valence-corrected chi connectivity index (χ3v) is 3.19. The zero-order chi connectivity index (χ0) is 10.6. The van der Waals surface area contributed by atoms with E-state index in [9.17, 15) is 13.2 Å². The summed E-state index contributed by atoms with van der Waals surface area (Å²) in [5, 5.41) is 1.84. The molecular weight excluding hydrogens is 283 g/mol. The number of hydroxylamine groups is 1. The maximum Gasteiger partial charge on any atom is 0.413 e. The number of halogens is 4. The Balaban J connectivity index is 2.20. The van der Waals surface area contributed by atoms with Gasteiger partial charge in [-0.05, 0) is 27.4 Å². The molecule has 0 radical (unpaired) electrons. The van der Waals surface area contributed by atoms with E-state index in [2.05, 4.69) is 26.2 Å². The highest BCUT2D eigenvalue weighted by molar-refractivity contribution is 9.10. The van der Waals surface area contributed by atoms with Crippen molar-refractivity contribution in [3.63, 3.8) is 0 Å². The molecule has 2 nitrogen and oxygen atoms in total. The average molecular weight is 290 g/mol. The first-order valence-electron chi connectivity index (χ1n) is 3.62. The van der Waals surface area contributed by atoms with Gasteiger partial charge in [0.2, 0.25) is 0 Å². The molecule has 0 amide bonds. The second-order valence-corrected chi connectivity index (χ2v) is 4.27. The first kappa shape index (κ1) is 12.0. The summed E-state index contributed by atoms with van der Waals surface area (Å²) in [6.45, 7) is -1.02. The number of hydrogen-bond acceptors (Lipinski definition) is 3. The first-order valence-corrected chi connectivity index (χ1v) is 5.29. The molecule has 0 spiro atoms. The van der Waals surface area contributed by atoms with E-state index < -0.39 is 12.8 Å². The zero-order valence-electron chi connectivity index (χ0n) is 6.90. The molecule has 14 heavy (non-hydrogen) atoms. The van der Waals surface area contributed by atoms with Crippen molar-refractivity contribution in [2.75, 3.05) is 6.61 Å². The van der Waals surface area contributed by atoms with E-state index in [0.717, 1.165) is 9.35 Å². The van der Waals surface area contributed by atoms with Crippen molar-refractivity contribution in [1.82, 2.24) is 5.48 Å². The normalized spacial score (nSPS) is 12.0. The molecule has 0 unspecified atom stereocenters. The molecule has 1 aromatic heterocycles. The predicted octanol–water partition coefficient (Wildman–Crippen LogP) is 3.09. The Bertz CT molecular complexity index is 289. The van der Waals surface area contributed by atoms with Crippen LogP contribution in [0.5, 0.6) is 0 Å². The molecule has 0 aliphatic carbocycles. The van der Waals surface area contributed by atoms with Crippen molar-refractivity contribution in [3.8, 4) is 0 Å². The van der Waals surface area contributed by atoms with Crippen molar-refractivity contribution in [2.45, 2.75) is 12.7 Å². The van der Waals surface area contributed by atoms with Gasteiger partial charge in [0.1, 0.15) is 0 Å². The van der Waals surface area contributed by atoms with E-state index >= 15 is 0 Å². The van der Waals surface area contributed by atoms with Gasteiger partial charge in [0, 0.05) is 9.35 Å². The van der Waals surface area contributed by atoms with Crippen LogP contribution in [-0.2, 0) is 11.4 Å². The second kappa shape index (κ2) is 5.11. The largest absolute Gasteiger partial charge is 0.413 e. The smallest absolute Gasteiger partial charge is 0.292 e. The van der Waals surface area contributed by atoms with Gasteiger partial charge in [-0.1, -0.05) is 0 Å². The van der Waals surface area contributed by atoms with E-state index in [-0.39, 0.29) is 6.54 Å². The van der Waals surface area contributed by atoms with Gasteiger partial charge in [0.25, 0.3) is 0 Å². The highest BCUT2D eigenvalue weighted by Gasteiger charge is 2.27. The van der Waals surface area contributed by atoms with E-state index in [0.29, 0.717) is 0 Å². The molecule has 0 aromatic carbocycles. The lowest BCUT2D eigenvalue weighted by Gasteiger charge is -2.07. The van der Waals surface area contributed by atoms with Crippen molar-refractivity contribution < 1.29 is 18.0 Å². The fourth-order valence-electron chi connectivity index (χ4n) is 0.701. The Kier molecular flexibility index (Phi) is 4.36. The number of alkyl halides is 3. The summed E-state index contributed by atoms with van der Waals surface area (Å²) in [6, 6.07) is 1.82. The summed E-state index contributed by atoms with van der Waals surface area (Å²) in [6.07, 6.45) is -4.29. The number of rotatable bonds is 4. The van der Waals surface area contributed by atoms with Crippen LogP contribution in [-0.4, -0.2) is 12.8 Å². The van der Waals surface area contributed by atoms with Crippen LogP contribution >= 0.6 is 27.3 Å². The molecule has 0 aliphatic rings. The third kappa shape index (κ3) is 4.41. The Labute approximate surface area is 91.1 Å². The summed E-state index contributed by atoms with van der Waals surface area (Å²) >= 11 is 4.69. The zero-order valence-corrected chi connectivity index (χ0v) is 9.30. The standard InChI is InChI=1S/C7H7BrF3NOS/c8-5-1-2-14-6(5)3-12-13-4-7(9,10)11/h1-2,12H,3-4H2. The topological polar surface area (TPSA) is 21.3 Å². The van der Waals surface area contributed by atoms with E-state index in [1.165, 1.54) is 11.3 Å². The summed E-state index contributed by atoms with van der Waals surface area (Å²) in [4.78, 5) is 5.13. The van der Waals surface area contributed by atoms with Gasteiger partial charge in [-0.15, -0.1) is 11.3 Å². The molecule has 7 heteroatoms. The van der Waals surface area contributed by atoms with Gasteiger partial charge in [-0.2, -0.15) is 18.7 Å².